The third-order valence-electron chi connectivity index (χ3n) is 9.07. The maximum Gasteiger partial charge on any atom is 0.245 e. The van der Waals surface area contributed by atoms with Gasteiger partial charge in [-0.05, 0) is 86.2 Å². The first-order valence-corrected chi connectivity index (χ1v) is 17.2. The molecule has 2 N–H and O–H groups in total. The van der Waals surface area contributed by atoms with Gasteiger partial charge in [0.05, 0.1) is 17.2 Å². The molecule has 3 aromatic rings. The third kappa shape index (κ3) is 5.80. The van der Waals surface area contributed by atoms with Gasteiger partial charge in [-0.15, -0.1) is 0 Å². The van der Waals surface area contributed by atoms with Gasteiger partial charge in [-0.2, -0.15) is 0 Å². The summed E-state index contributed by atoms with van der Waals surface area (Å²) in [7, 11) is -3.47. The molecule has 2 aliphatic heterocycles. The van der Waals surface area contributed by atoms with Crippen molar-refractivity contribution in [3.63, 3.8) is 0 Å². The number of piperidine rings is 1. The van der Waals surface area contributed by atoms with E-state index in [1.165, 1.54) is 6.07 Å². The highest BCUT2D eigenvalue weighted by atomic mass is 35.5. The molecule has 1 saturated carbocycles. The van der Waals surface area contributed by atoms with Gasteiger partial charge in [-0.3, -0.25) is 19.2 Å². The first-order valence-electron chi connectivity index (χ1n) is 14.5. The summed E-state index contributed by atoms with van der Waals surface area (Å²) in [6.45, 7) is 2.80. The second-order valence-electron chi connectivity index (χ2n) is 12.1. The van der Waals surface area contributed by atoms with Crippen LogP contribution in [0.1, 0.15) is 37.7 Å². The summed E-state index contributed by atoms with van der Waals surface area (Å²) in [4.78, 5) is 32.8. The average Bonchev–Trinajstić information content (AvgIpc) is 3.75. The minimum atomic E-state index is -3.47. The first kappa shape index (κ1) is 30.8. The number of carbonyl (C=O) groups excluding carboxylic acids is 2. The lowest BCUT2D eigenvalue weighted by atomic mass is 9.72. The van der Waals surface area contributed by atoms with Gasteiger partial charge in [0.1, 0.15) is 11.4 Å². The van der Waals surface area contributed by atoms with Crippen LogP contribution in [0.25, 0.3) is 0 Å². The Kier molecular flexibility index (Phi) is 8.15. The number of halogens is 3. The Morgan fingerprint density at radius 1 is 1.02 bits per heavy atom. The summed E-state index contributed by atoms with van der Waals surface area (Å²) in [5.41, 5.74) is 0.381. The lowest BCUT2D eigenvalue weighted by molar-refractivity contribution is -0.127. The van der Waals surface area contributed by atoms with Crippen molar-refractivity contribution in [2.45, 2.75) is 43.7 Å². The Bertz CT molecular complexity index is 1720. The van der Waals surface area contributed by atoms with Gasteiger partial charge >= 0.3 is 0 Å². The molecule has 3 aromatic carbocycles. The topological polar surface area (TPSA) is 98.8 Å². The molecule has 0 spiro atoms. The average molecular weight is 660 g/mol. The van der Waals surface area contributed by atoms with Crippen molar-refractivity contribution in [1.29, 1.82) is 0 Å². The zero-order valence-corrected chi connectivity index (χ0v) is 26.6. The smallest absolute Gasteiger partial charge is 0.245 e. The predicted octanol–water partition coefficient (Wildman–Crippen LogP) is 6.13. The van der Waals surface area contributed by atoms with E-state index in [4.69, 9.17) is 23.2 Å². The van der Waals surface area contributed by atoms with Crippen LogP contribution < -0.4 is 14.9 Å². The number of benzene rings is 3. The third-order valence-corrected chi connectivity index (χ3v) is 10.2. The van der Waals surface area contributed by atoms with Crippen molar-refractivity contribution in [2.75, 3.05) is 34.3 Å². The summed E-state index contributed by atoms with van der Waals surface area (Å²) in [5.74, 6) is -2.44. The maximum absolute atomic E-state index is 15.9. The van der Waals surface area contributed by atoms with E-state index in [1.807, 2.05) is 6.92 Å². The SMILES string of the molecule is C[C@]1(C(=O)Nc2cccc(Cl)c2)[C@@H](c2cccc(Cl)c2F)[C@@H]2C(=O)N(c3ccc(NS(C)(=O)=O)cc3)CC[C@@H]2N1CC1CC1. The van der Waals surface area contributed by atoms with Crippen LogP contribution in [-0.4, -0.2) is 56.1 Å². The number of nitrogens with one attached hydrogen (secondary N) is 2. The molecule has 4 atom stereocenters. The molecule has 2 saturated heterocycles. The molecule has 8 nitrogen and oxygen atoms in total. The Morgan fingerprint density at radius 2 is 1.73 bits per heavy atom. The minimum Gasteiger partial charge on any atom is -0.324 e. The fourth-order valence-electron chi connectivity index (χ4n) is 6.92. The number of hydrogen-bond donors (Lipinski definition) is 2. The molecule has 3 aliphatic rings. The van der Waals surface area contributed by atoms with Gasteiger partial charge in [0, 0.05) is 47.1 Å². The van der Waals surface area contributed by atoms with Crippen LogP contribution in [0.5, 0.6) is 0 Å². The van der Waals surface area contributed by atoms with Crippen LogP contribution in [0, 0.1) is 17.7 Å². The monoisotopic (exact) mass is 658 g/mol. The molecule has 0 aromatic heterocycles. The summed E-state index contributed by atoms with van der Waals surface area (Å²) in [6, 6.07) is 17.8. The summed E-state index contributed by atoms with van der Waals surface area (Å²) < 4.78 is 41.8. The zero-order valence-electron chi connectivity index (χ0n) is 24.3. The van der Waals surface area contributed by atoms with Crippen LogP contribution in [0.4, 0.5) is 21.5 Å². The molecule has 2 amide bonds. The van der Waals surface area contributed by atoms with Crippen LogP contribution in [-0.2, 0) is 19.6 Å². The number of likely N-dealkylation sites (tertiary alicyclic amines) is 1. The molecule has 0 unspecified atom stereocenters. The van der Waals surface area contributed by atoms with E-state index >= 15 is 4.39 Å². The molecule has 44 heavy (non-hydrogen) atoms. The van der Waals surface area contributed by atoms with E-state index in [2.05, 4.69) is 14.9 Å². The van der Waals surface area contributed by atoms with E-state index in [-0.39, 0.29) is 28.4 Å². The summed E-state index contributed by atoms with van der Waals surface area (Å²) >= 11 is 12.5. The van der Waals surface area contributed by atoms with Crippen LogP contribution in [0.15, 0.2) is 66.7 Å². The molecule has 0 radical (unpaired) electrons. The highest BCUT2D eigenvalue weighted by molar-refractivity contribution is 7.92. The van der Waals surface area contributed by atoms with Crippen molar-refractivity contribution in [1.82, 2.24) is 4.90 Å². The highest BCUT2D eigenvalue weighted by Gasteiger charge is 2.65. The van der Waals surface area contributed by atoms with Gasteiger partial charge in [0.15, 0.2) is 0 Å². The first-order chi connectivity index (χ1) is 20.9. The summed E-state index contributed by atoms with van der Waals surface area (Å²) in [6.07, 6.45) is 3.69. The highest BCUT2D eigenvalue weighted by Crippen LogP contribution is 2.55. The van der Waals surface area contributed by atoms with Gasteiger partial charge in [0.25, 0.3) is 0 Å². The van der Waals surface area contributed by atoms with E-state index in [1.54, 1.807) is 65.6 Å². The van der Waals surface area contributed by atoms with Crippen molar-refractivity contribution in [3.8, 4) is 0 Å². The van der Waals surface area contributed by atoms with E-state index in [0.717, 1.165) is 19.1 Å². The lowest BCUT2D eigenvalue weighted by Crippen LogP contribution is -2.56. The second kappa shape index (κ2) is 11.6. The van der Waals surface area contributed by atoms with Crippen molar-refractivity contribution in [3.05, 3.63) is 88.2 Å². The number of carbonyl (C=O) groups is 2. The van der Waals surface area contributed by atoms with Crippen molar-refractivity contribution in [2.24, 2.45) is 11.8 Å². The number of rotatable bonds is 8. The Labute approximate surface area is 266 Å². The molecule has 2 heterocycles. The Hall–Kier alpha value is -3.18. The fourth-order valence-corrected chi connectivity index (χ4v) is 7.86. The minimum absolute atomic E-state index is 0.0774. The number of anilines is 3. The van der Waals surface area contributed by atoms with Crippen LogP contribution in [0.2, 0.25) is 10.0 Å². The number of nitrogens with zero attached hydrogens (tertiary/aromatic N) is 2. The standard InChI is InChI=1S/C32H33Cl2FN4O4S/c1-32(31(41)36-22-6-3-5-20(33)17-22)28(24-7-4-8-25(34)29(24)35)27-26(39(32)18-19-9-10-19)15-16-38(30(27)40)23-13-11-21(12-14-23)37-44(2,42)43/h3-8,11-14,17,19,26-28,37H,9-10,15-16,18H2,1-2H3,(H,36,41)/t26-,27+,28-,32+/m0/s1. The predicted molar refractivity (Wildman–Crippen MR) is 171 cm³/mol. The van der Waals surface area contributed by atoms with E-state index in [9.17, 15) is 18.0 Å². The molecule has 12 heteroatoms. The largest absolute Gasteiger partial charge is 0.324 e. The second-order valence-corrected chi connectivity index (χ2v) is 14.7. The number of fused-ring (bicyclic) bond motifs is 1. The zero-order chi connectivity index (χ0) is 31.4. The van der Waals surface area contributed by atoms with E-state index in [0.29, 0.717) is 47.5 Å². The van der Waals surface area contributed by atoms with Crippen LogP contribution in [0.3, 0.4) is 0 Å². The molecular weight excluding hydrogens is 626 g/mol. The van der Waals surface area contributed by atoms with Crippen LogP contribution >= 0.6 is 23.2 Å². The Morgan fingerprint density at radius 3 is 2.39 bits per heavy atom. The van der Waals surface area contributed by atoms with Crippen molar-refractivity contribution >= 4 is 62.1 Å². The fraction of sp³-hybridized carbons (Fsp3) is 0.375. The van der Waals surface area contributed by atoms with Gasteiger partial charge < -0.3 is 10.2 Å². The number of amides is 2. The Balaban J connectivity index is 1.43. The number of sulfonamides is 1. The van der Waals surface area contributed by atoms with Gasteiger partial charge in [-0.25, -0.2) is 12.8 Å². The molecule has 6 rings (SSSR count). The van der Waals surface area contributed by atoms with Gasteiger partial charge in [0.2, 0.25) is 21.8 Å². The molecular formula is C32H33Cl2FN4O4S. The van der Waals surface area contributed by atoms with Crippen molar-refractivity contribution < 1.29 is 22.4 Å². The summed E-state index contributed by atoms with van der Waals surface area (Å²) in [5, 5.41) is 3.40. The number of hydrogen-bond acceptors (Lipinski definition) is 5. The van der Waals surface area contributed by atoms with E-state index < -0.39 is 33.2 Å². The quantitative estimate of drug-likeness (QED) is 0.303. The molecule has 232 valence electrons. The molecule has 1 aliphatic carbocycles. The lowest BCUT2D eigenvalue weighted by Gasteiger charge is -2.40. The normalized spacial score (nSPS) is 25.5. The maximum atomic E-state index is 15.9. The molecule has 3 fully saturated rings. The molecule has 0 bridgehead atoms. The van der Waals surface area contributed by atoms with Gasteiger partial charge in [-0.1, -0.05) is 41.4 Å².